The van der Waals surface area contributed by atoms with Crippen molar-refractivity contribution in [2.45, 2.75) is 55.6 Å². The summed E-state index contributed by atoms with van der Waals surface area (Å²) in [4.78, 5) is 28.1. The third kappa shape index (κ3) is 5.35. The lowest BCUT2D eigenvalue weighted by Crippen LogP contribution is -2.45. The van der Waals surface area contributed by atoms with Gasteiger partial charge in [-0.1, -0.05) is 5.10 Å². The van der Waals surface area contributed by atoms with Crippen molar-refractivity contribution >= 4 is 38.7 Å². The minimum atomic E-state index is -3.52. The summed E-state index contributed by atoms with van der Waals surface area (Å²) in [5.74, 6) is -1.05. The molecule has 194 valence electrons. The predicted molar refractivity (Wildman–Crippen MR) is 136 cm³/mol. The van der Waals surface area contributed by atoms with Gasteiger partial charge in [0.15, 0.2) is 9.84 Å². The van der Waals surface area contributed by atoms with Gasteiger partial charge in [0.2, 0.25) is 5.01 Å². The number of aliphatic carboxylic acids is 1. The molecule has 0 unspecified atom stereocenters. The van der Waals surface area contributed by atoms with Crippen LogP contribution in [-0.4, -0.2) is 45.8 Å². The summed E-state index contributed by atoms with van der Waals surface area (Å²) in [6.45, 7) is 1.86. The molecular formula is C25H26N4O6S2. The number of carboxylic acid groups (broad SMARTS) is 1. The summed E-state index contributed by atoms with van der Waals surface area (Å²) in [6.07, 6.45) is 5.40. The highest BCUT2D eigenvalue weighted by Crippen LogP contribution is 2.55. The fourth-order valence-electron chi connectivity index (χ4n) is 5.15. The summed E-state index contributed by atoms with van der Waals surface area (Å²) in [7, 11) is -3.52. The fourth-order valence-corrected chi connectivity index (χ4v) is 7.51. The number of anilines is 1. The smallest absolute Gasteiger partial charge is 0.306 e. The van der Waals surface area contributed by atoms with E-state index in [-0.39, 0.29) is 26.4 Å². The van der Waals surface area contributed by atoms with Crippen molar-refractivity contribution in [3.05, 3.63) is 53.3 Å². The van der Waals surface area contributed by atoms with Crippen molar-refractivity contribution in [3.63, 3.8) is 0 Å². The van der Waals surface area contributed by atoms with Crippen LogP contribution in [0.2, 0.25) is 0 Å². The number of nitrogens with one attached hydrogen (secondary N) is 1. The lowest BCUT2D eigenvalue weighted by molar-refractivity contribution is -0.151. The quantitative estimate of drug-likeness (QED) is 0.440. The number of amides is 1. The minimum Gasteiger partial charge on any atom is -0.481 e. The molecular weight excluding hydrogens is 516 g/mol. The van der Waals surface area contributed by atoms with E-state index in [0.717, 1.165) is 29.9 Å². The van der Waals surface area contributed by atoms with Gasteiger partial charge in [-0.25, -0.2) is 8.42 Å². The lowest BCUT2D eigenvalue weighted by Gasteiger charge is -2.50. The topological polar surface area (TPSA) is 148 Å². The van der Waals surface area contributed by atoms with Gasteiger partial charge in [0.1, 0.15) is 5.75 Å². The Bertz CT molecular complexity index is 1400. The number of benzene rings is 1. The zero-order valence-corrected chi connectivity index (χ0v) is 21.7. The van der Waals surface area contributed by atoms with Crippen molar-refractivity contribution < 1.29 is 27.9 Å². The van der Waals surface area contributed by atoms with Crippen LogP contribution in [0.15, 0.2) is 47.5 Å². The van der Waals surface area contributed by atoms with E-state index in [2.05, 4.69) is 20.5 Å². The first-order valence-electron chi connectivity index (χ1n) is 12.0. The number of carboxylic acids is 1. The molecule has 2 aromatic heterocycles. The molecule has 1 spiro atoms. The van der Waals surface area contributed by atoms with Gasteiger partial charge in [-0.15, -0.1) is 5.10 Å². The number of carbonyl (C=O) groups excluding carboxylic acids is 1. The first-order chi connectivity index (χ1) is 17.6. The first-order valence-corrected chi connectivity index (χ1v) is 14.3. The summed E-state index contributed by atoms with van der Waals surface area (Å²) < 4.78 is 31.9. The van der Waals surface area contributed by atoms with E-state index < -0.39 is 27.0 Å². The summed E-state index contributed by atoms with van der Waals surface area (Å²) >= 11 is 0.981. The molecule has 2 heterocycles. The van der Waals surface area contributed by atoms with Crippen LogP contribution in [0.3, 0.4) is 0 Å². The van der Waals surface area contributed by atoms with E-state index in [4.69, 9.17) is 9.84 Å². The monoisotopic (exact) mass is 542 g/mol. The zero-order chi connectivity index (χ0) is 26.2. The molecule has 2 aliphatic carbocycles. The molecule has 0 bridgehead atoms. The van der Waals surface area contributed by atoms with Gasteiger partial charge in [-0.05, 0) is 98.6 Å². The zero-order valence-electron chi connectivity index (χ0n) is 20.1. The standard InChI is InChI=1S/C25H26N4O6S2/c1-15-2-5-18(14-26-15)35-24-29-28-22(36-24)21(30)27-17-3-6-19(7-4-17)37(33,34)20-8-10-25(11-9-20)12-16(13-25)23(31)32/h2-7,14,16,20H,8-13H2,1H3,(H,27,30)(H,31,32). The van der Waals surface area contributed by atoms with Crippen molar-refractivity contribution in [1.82, 2.24) is 15.2 Å². The molecule has 0 saturated heterocycles. The summed E-state index contributed by atoms with van der Waals surface area (Å²) in [5, 5.41) is 19.4. The maximum absolute atomic E-state index is 13.2. The molecule has 1 aromatic carbocycles. The van der Waals surface area contributed by atoms with Crippen LogP contribution in [0.25, 0.3) is 0 Å². The molecule has 0 atom stereocenters. The summed E-state index contributed by atoms with van der Waals surface area (Å²) in [5.41, 5.74) is 1.27. The number of ether oxygens (including phenoxy) is 1. The number of pyridine rings is 1. The van der Waals surface area contributed by atoms with Crippen LogP contribution < -0.4 is 10.1 Å². The number of carbonyl (C=O) groups is 2. The SMILES string of the molecule is Cc1ccc(Oc2nnc(C(=O)Nc3ccc(S(=O)(=O)C4CCC5(CC4)CC(C(=O)O)C5)cc3)s2)cn1. The largest absolute Gasteiger partial charge is 0.481 e. The molecule has 1 amide bonds. The van der Waals surface area contributed by atoms with Crippen LogP contribution in [-0.2, 0) is 14.6 Å². The molecule has 0 aliphatic heterocycles. The van der Waals surface area contributed by atoms with Gasteiger partial charge in [-0.3, -0.25) is 14.6 Å². The Morgan fingerprint density at radius 1 is 1.08 bits per heavy atom. The van der Waals surface area contributed by atoms with Crippen LogP contribution in [0.5, 0.6) is 10.9 Å². The Labute approximate surface area is 218 Å². The molecule has 37 heavy (non-hydrogen) atoms. The van der Waals surface area contributed by atoms with Crippen molar-refractivity contribution in [2.24, 2.45) is 11.3 Å². The first kappa shape index (κ1) is 25.3. The van der Waals surface area contributed by atoms with Crippen molar-refractivity contribution in [1.29, 1.82) is 0 Å². The van der Waals surface area contributed by atoms with Gasteiger partial charge in [0.25, 0.3) is 11.1 Å². The van der Waals surface area contributed by atoms with Gasteiger partial charge < -0.3 is 15.2 Å². The second-order valence-corrected chi connectivity index (χ2v) is 12.9. The molecule has 2 saturated carbocycles. The maximum Gasteiger partial charge on any atom is 0.306 e. The van der Waals surface area contributed by atoms with Gasteiger partial charge in [-0.2, -0.15) is 0 Å². The Hall–Kier alpha value is -3.38. The second-order valence-electron chi connectivity index (χ2n) is 9.78. The van der Waals surface area contributed by atoms with Gasteiger partial charge in [0.05, 0.1) is 22.3 Å². The van der Waals surface area contributed by atoms with E-state index >= 15 is 0 Å². The fraction of sp³-hybridized carbons (Fsp3) is 0.400. The molecule has 2 fully saturated rings. The van der Waals surface area contributed by atoms with E-state index in [1.807, 2.05) is 6.92 Å². The average molecular weight is 543 g/mol. The van der Waals surface area contributed by atoms with E-state index in [1.54, 1.807) is 30.5 Å². The highest BCUT2D eigenvalue weighted by atomic mass is 32.2. The number of aromatic nitrogens is 3. The number of nitrogens with zero attached hydrogens (tertiary/aromatic N) is 3. The Morgan fingerprint density at radius 2 is 1.78 bits per heavy atom. The molecule has 5 rings (SSSR count). The van der Waals surface area contributed by atoms with E-state index in [0.29, 0.717) is 37.1 Å². The van der Waals surface area contributed by atoms with Gasteiger partial charge >= 0.3 is 5.97 Å². The Kier molecular flexibility index (Phi) is 6.71. The highest BCUT2D eigenvalue weighted by molar-refractivity contribution is 7.92. The minimum absolute atomic E-state index is 0.00414. The Balaban J connectivity index is 1.17. The number of rotatable bonds is 7. The molecule has 2 N–H and O–H groups in total. The maximum atomic E-state index is 13.2. The second kappa shape index (κ2) is 9.82. The van der Waals surface area contributed by atoms with E-state index in [9.17, 15) is 18.0 Å². The normalized spacial score (nSPS) is 23.3. The third-order valence-corrected chi connectivity index (χ3v) is 10.3. The average Bonchev–Trinajstić information content (AvgIpc) is 3.33. The lowest BCUT2D eigenvalue weighted by atomic mass is 9.56. The van der Waals surface area contributed by atoms with Crippen LogP contribution in [0, 0.1) is 18.3 Å². The molecule has 2 aliphatic rings. The molecule has 3 aromatic rings. The van der Waals surface area contributed by atoms with Crippen LogP contribution in [0.1, 0.15) is 54.0 Å². The van der Waals surface area contributed by atoms with E-state index in [1.165, 1.54) is 12.1 Å². The number of aryl methyl sites for hydroxylation is 1. The van der Waals surface area contributed by atoms with Crippen molar-refractivity contribution in [2.75, 3.05) is 5.32 Å². The number of hydrogen-bond donors (Lipinski definition) is 2. The molecule has 0 radical (unpaired) electrons. The number of hydrogen-bond acceptors (Lipinski definition) is 9. The predicted octanol–water partition coefficient (Wildman–Crippen LogP) is 4.48. The molecule has 12 heteroatoms. The molecule has 10 nitrogen and oxygen atoms in total. The number of sulfone groups is 1. The summed E-state index contributed by atoms with van der Waals surface area (Å²) in [6, 6.07) is 9.63. The third-order valence-electron chi connectivity index (χ3n) is 7.27. The van der Waals surface area contributed by atoms with Crippen LogP contribution in [0.4, 0.5) is 5.69 Å². The Morgan fingerprint density at radius 3 is 2.41 bits per heavy atom. The van der Waals surface area contributed by atoms with Gasteiger partial charge in [0, 0.05) is 11.4 Å². The van der Waals surface area contributed by atoms with Crippen molar-refractivity contribution in [3.8, 4) is 10.9 Å². The van der Waals surface area contributed by atoms with Crippen LogP contribution >= 0.6 is 11.3 Å². The highest BCUT2D eigenvalue weighted by Gasteiger charge is 2.50.